The second kappa shape index (κ2) is 6.00. The first-order chi connectivity index (χ1) is 7.92. The summed E-state index contributed by atoms with van der Waals surface area (Å²) in [6.07, 6.45) is 1.08. The molecule has 0 saturated carbocycles. The zero-order valence-electron chi connectivity index (χ0n) is 10.1. The third-order valence-corrected chi connectivity index (χ3v) is 2.89. The Bertz CT molecular complexity index is 442. The molecule has 1 aromatic rings. The molecule has 0 spiro atoms. The van der Waals surface area contributed by atoms with Crippen molar-refractivity contribution < 1.29 is 8.42 Å². The van der Waals surface area contributed by atoms with Gasteiger partial charge in [-0.05, 0) is 37.6 Å². The zero-order chi connectivity index (χ0) is 12.9. The average Bonchev–Trinajstić information content (AvgIpc) is 2.24. The molecule has 1 unspecified atom stereocenters. The molecule has 1 aromatic carbocycles. The van der Waals surface area contributed by atoms with Crippen molar-refractivity contribution in [1.29, 1.82) is 0 Å². The molecule has 0 heterocycles. The molecule has 1 rings (SSSR count). The van der Waals surface area contributed by atoms with Crippen molar-refractivity contribution in [2.24, 2.45) is 5.14 Å². The van der Waals surface area contributed by atoms with E-state index in [1.807, 2.05) is 12.1 Å². The standard InChI is InChI=1S/C11H19N3O2S/c1-3-8-13-9(2)10-4-6-11(7-5-10)14-17(12,15)16/h4-7,9,13-14H,3,8H2,1-2H3,(H2,12,15,16). The van der Waals surface area contributed by atoms with Crippen molar-refractivity contribution in [1.82, 2.24) is 5.32 Å². The molecule has 0 aliphatic rings. The van der Waals surface area contributed by atoms with Crippen molar-refractivity contribution in [3.8, 4) is 0 Å². The van der Waals surface area contributed by atoms with E-state index in [-0.39, 0.29) is 6.04 Å². The predicted octanol–water partition coefficient (Wildman–Crippen LogP) is 1.36. The second-order valence-corrected chi connectivity index (χ2v) is 5.24. The van der Waals surface area contributed by atoms with Gasteiger partial charge in [-0.25, -0.2) is 5.14 Å². The summed E-state index contributed by atoms with van der Waals surface area (Å²) in [4.78, 5) is 0. The summed E-state index contributed by atoms with van der Waals surface area (Å²) in [7, 11) is -3.69. The van der Waals surface area contributed by atoms with E-state index in [2.05, 4.69) is 23.9 Å². The molecule has 96 valence electrons. The zero-order valence-corrected chi connectivity index (χ0v) is 10.9. The predicted molar refractivity (Wildman–Crippen MR) is 69.9 cm³/mol. The molecule has 5 nitrogen and oxygen atoms in total. The lowest BCUT2D eigenvalue weighted by atomic mass is 10.1. The number of hydrogen-bond donors (Lipinski definition) is 3. The molecular formula is C11H19N3O2S. The van der Waals surface area contributed by atoms with Gasteiger partial charge in [0.2, 0.25) is 0 Å². The summed E-state index contributed by atoms with van der Waals surface area (Å²) >= 11 is 0. The highest BCUT2D eigenvalue weighted by molar-refractivity contribution is 7.90. The van der Waals surface area contributed by atoms with Gasteiger partial charge in [0.15, 0.2) is 0 Å². The molecule has 0 fully saturated rings. The van der Waals surface area contributed by atoms with Gasteiger partial charge in [0, 0.05) is 11.7 Å². The highest BCUT2D eigenvalue weighted by Crippen LogP contribution is 2.16. The molecule has 0 aromatic heterocycles. The third kappa shape index (κ3) is 5.16. The van der Waals surface area contributed by atoms with Crippen LogP contribution >= 0.6 is 0 Å². The largest absolute Gasteiger partial charge is 0.310 e. The fourth-order valence-corrected chi connectivity index (χ4v) is 1.95. The lowest BCUT2D eigenvalue weighted by molar-refractivity contribution is 0.571. The Morgan fingerprint density at radius 2 is 1.88 bits per heavy atom. The average molecular weight is 257 g/mol. The first-order valence-electron chi connectivity index (χ1n) is 5.56. The molecule has 0 aliphatic carbocycles. The quantitative estimate of drug-likeness (QED) is 0.719. The summed E-state index contributed by atoms with van der Waals surface area (Å²) < 4.78 is 23.9. The van der Waals surface area contributed by atoms with Gasteiger partial charge in [0.1, 0.15) is 0 Å². The van der Waals surface area contributed by atoms with Gasteiger partial charge in [-0.2, -0.15) is 8.42 Å². The smallest absolute Gasteiger partial charge is 0.296 e. The minimum atomic E-state index is -3.69. The van der Waals surface area contributed by atoms with Crippen molar-refractivity contribution in [2.75, 3.05) is 11.3 Å². The maximum Gasteiger partial charge on any atom is 0.296 e. The third-order valence-electron chi connectivity index (χ3n) is 2.37. The van der Waals surface area contributed by atoms with Crippen molar-refractivity contribution >= 4 is 15.9 Å². The SMILES string of the molecule is CCCNC(C)c1ccc(NS(N)(=O)=O)cc1. The van der Waals surface area contributed by atoms with Gasteiger partial charge >= 0.3 is 0 Å². The first kappa shape index (κ1) is 14.0. The van der Waals surface area contributed by atoms with E-state index in [9.17, 15) is 8.42 Å². The molecule has 4 N–H and O–H groups in total. The van der Waals surface area contributed by atoms with Crippen molar-refractivity contribution in [3.63, 3.8) is 0 Å². The molecular weight excluding hydrogens is 238 g/mol. The Morgan fingerprint density at radius 3 is 2.35 bits per heavy atom. The van der Waals surface area contributed by atoms with Crippen LogP contribution in [0.5, 0.6) is 0 Å². The van der Waals surface area contributed by atoms with Crippen LogP contribution in [0.15, 0.2) is 24.3 Å². The second-order valence-electron chi connectivity index (χ2n) is 3.94. The molecule has 6 heteroatoms. The number of benzene rings is 1. The van der Waals surface area contributed by atoms with Gasteiger partial charge in [-0.1, -0.05) is 19.1 Å². The van der Waals surface area contributed by atoms with Crippen LogP contribution in [0.3, 0.4) is 0 Å². The number of hydrogen-bond acceptors (Lipinski definition) is 3. The molecule has 0 radical (unpaired) electrons. The van der Waals surface area contributed by atoms with Gasteiger partial charge in [-0.15, -0.1) is 0 Å². The van der Waals surface area contributed by atoms with Crippen LogP contribution in [0.1, 0.15) is 31.9 Å². The Kier molecular flexibility index (Phi) is 4.92. The molecule has 0 bridgehead atoms. The van der Waals surface area contributed by atoms with E-state index >= 15 is 0 Å². The van der Waals surface area contributed by atoms with E-state index in [0.717, 1.165) is 18.5 Å². The van der Waals surface area contributed by atoms with E-state index < -0.39 is 10.2 Å². The maximum absolute atomic E-state index is 10.8. The van der Waals surface area contributed by atoms with Crippen LogP contribution in [0, 0.1) is 0 Å². The monoisotopic (exact) mass is 257 g/mol. The fraction of sp³-hybridized carbons (Fsp3) is 0.455. The summed E-state index contributed by atoms with van der Waals surface area (Å²) in [5.41, 5.74) is 1.58. The number of nitrogens with two attached hydrogens (primary N) is 1. The molecule has 0 aliphatic heterocycles. The number of rotatable bonds is 6. The highest BCUT2D eigenvalue weighted by Gasteiger charge is 2.05. The van der Waals surface area contributed by atoms with Crippen LogP contribution < -0.4 is 15.2 Å². The summed E-state index contributed by atoms with van der Waals surface area (Å²) in [6, 6.07) is 7.40. The van der Waals surface area contributed by atoms with Crippen LogP contribution in [0.4, 0.5) is 5.69 Å². The van der Waals surface area contributed by atoms with E-state index in [1.54, 1.807) is 12.1 Å². The van der Waals surface area contributed by atoms with Gasteiger partial charge in [0.25, 0.3) is 10.2 Å². The molecule has 1 atom stereocenters. The van der Waals surface area contributed by atoms with Crippen LogP contribution in [-0.4, -0.2) is 15.0 Å². The van der Waals surface area contributed by atoms with Crippen LogP contribution in [-0.2, 0) is 10.2 Å². The summed E-state index contributed by atoms with van der Waals surface area (Å²) in [5, 5.41) is 8.23. The first-order valence-corrected chi connectivity index (χ1v) is 7.11. The summed E-state index contributed by atoms with van der Waals surface area (Å²) in [6.45, 7) is 5.13. The number of nitrogens with one attached hydrogen (secondary N) is 2. The Hall–Kier alpha value is -1.11. The summed E-state index contributed by atoms with van der Waals surface area (Å²) in [5.74, 6) is 0. The van der Waals surface area contributed by atoms with Gasteiger partial charge in [-0.3, -0.25) is 4.72 Å². The lowest BCUT2D eigenvalue weighted by Gasteiger charge is -2.14. The molecule has 17 heavy (non-hydrogen) atoms. The minimum Gasteiger partial charge on any atom is -0.310 e. The topological polar surface area (TPSA) is 84.2 Å². The normalized spacial score (nSPS) is 13.4. The fourth-order valence-electron chi connectivity index (χ4n) is 1.48. The molecule has 0 saturated heterocycles. The van der Waals surface area contributed by atoms with Gasteiger partial charge < -0.3 is 5.32 Å². The Balaban J connectivity index is 2.67. The van der Waals surface area contributed by atoms with Gasteiger partial charge in [0.05, 0.1) is 0 Å². The highest BCUT2D eigenvalue weighted by atomic mass is 32.2. The van der Waals surface area contributed by atoms with E-state index in [1.165, 1.54) is 0 Å². The Labute approximate surface area is 103 Å². The Morgan fingerprint density at radius 1 is 1.29 bits per heavy atom. The minimum absolute atomic E-state index is 0.249. The van der Waals surface area contributed by atoms with E-state index in [0.29, 0.717) is 5.69 Å². The molecule has 0 amide bonds. The van der Waals surface area contributed by atoms with Crippen molar-refractivity contribution in [3.05, 3.63) is 29.8 Å². The van der Waals surface area contributed by atoms with Crippen LogP contribution in [0.25, 0.3) is 0 Å². The lowest BCUT2D eigenvalue weighted by Crippen LogP contribution is -2.22. The number of anilines is 1. The van der Waals surface area contributed by atoms with Crippen LogP contribution in [0.2, 0.25) is 0 Å². The maximum atomic E-state index is 10.8. The van der Waals surface area contributed by atoms with Crippen molar-refractivity contribution in [2.45, 2.75) is 26.3 Å². The van der Waals surface area contributed by atoms with E-state index in [4.69, 9.17) is 5.14 Å².